The first kappa shape index (κ1) is 13.2. The third-order valence-corrected chi connectivity index (χ3v) is 2.71. The largest absolute Gasteiger partial charge is 0.291 e. The standard InChI is InChI=1S/C10H11ClO4S/c1-7(15-16(2,13)14)10(12)8-3-5-9(11)6-4-8/h3-7H,1-2H3. The molecule has 0 aromatic heterocycles. The van der Waals surface area contributed by atoms with E-state index in [0.29, 0.717) is 10.6 Å². The first-order valence-corrected chi connectivity index (χ1v) is 6.67. The third kappa shape index (κ3) is 3.92. The van der Waals surface area contributed by atoms with Crippen LogP contribution in [-0.2, 0) is 14.3 Å². The van der Waals surface area contributed by atoms with Crippen LogP contribution >= 0.6 is 11.6 Å². The van der Waals surface area contributed by atoms with Crippen molar-refractivity contribution in [2.75, 3.05) is 6.26 Å². The van der Waals surface area contributed by atoms with Gasteiger partial charge >= 0.3 is 0 Å². The lowest BCUT2D eigenvalue weighted by atomic mass is 10.1. The molecule has 0 aliphatic heterocycles. The van der Waals surface area contributed by atoms with Crippen LogP contribution < -0.4 is 0 Å². The molecule has 0 saturated carbocycles. The second kappa shape index (κ2) is 4.95. The van der Waals surface area contributed by atoms with Crippen LogP contribution in [-0.4, -0.2) is 26.6 Å². The topological polar surface area (TPSA) is 60.4 Å². The summed E-state index contributed by atoms with van der Waals surface area (Å²) in [5.41, 5.74) is 0.362. The van der Waals surface area contributed by atoms with Crippen molar-refractivity contribution < 1.29 is 17.4 Å². The maximum absolute atomic E-state index is 11.7. The van der Waals surface area contributed by atoms with Gasteiger partial charge in [-0.2, -0.15) is 8.42 Å². The number of Topliss-reactive ketones (excluding diaryl/α,β-unsaturated/α-hetero) is 1. The number of hydrogen-bond donors (Lipinski definition) is 0. The summed E-state index contributed by atoms with van der Waals surface area (Å²) in [6.07, 6.45) is -0.130. The molecule has 0 N–H and O–H groups in total. The molecule has 88 valence electrons. The number of halogens is 1. The Balaban J connectivity index is 2.82. The van der Waals surface area contributed by atoms with Gasteiger partial charge in [0.2, 0.25) is 0 Å². The fourth-order valence-corrected chi connectivity index (χ4v) is 1.89. The van der Waals surface area contributed by atoms with E-state index in [9.17, 15) is 13.2 Å². The van der Waals surface area contributed by atoms with Crippen LogP contribution in [0.5, 0.6) is 0 Å². The number of rotatable bonds is 4. The first-order chi connectivity index (χ1) is 7.29. The molecule has 1 aromatic rings. The maximum atomic E-state index is 11.7. The molecule has 0 heterocycles. The van der Waals surface area contributed by atoms with Crippen molar-refractivity contribution in [3.63, 3.8) is 0 Å². The molecule has 4 nitrogen and oxygen atoms in total. The van der Waals surface area contributed by atoms with Gasteiger partial charge in [0.25, 0.3) is 10.1 Å². The van der Waals surface area contributed by atoms with Gasteiger partial charge in [0.15, 0.2) is 5.78 Å². The molecule has 1 atom stereocenters. The molecule has 0 saturated heterocycles. The highest BCUT2D eigenvalue weighted by molar-refractivity contribution is 7.86. The predicted molar refractivity (Wildman–Crippen MR) is 61.2 cm³/mol. The molecular weight excluding hydrogens is 252 g/mol. The Labute approximate surface area is 99.3 Å². The molecule has 0 fully saturated rings. The van der Waals surface area contributed by atoms with Gasteiger partial charge in [-0.15, -0.1) is 0 Å². The highest BCUT2D eigenvalue weighted by atomic mass is 35.5. The summed E-state index contributed by atoms with van der Waals surface area (Å²) in [5.74, 6) is -0.401. The molecule has 0 amide bonds. The van der Waals surface area contributed by atoms with Crippen molar-refractivity contribution in [1.29, 1.82) is 0 Å². The van der Waals surface area contributed by atoms with Gasteiger partial charge in [-0.25, -0.2) is 0 Å². The van der Waals surface area contributed by atoms with E-state index in [4.69, 9.17) is 11.6 Å². The molecule has 16 heavy (non-hydrogen) atoms. The number of hydrogen-bond acceptors (Lipinski definition) is 4. The van der Waals surface area contributed by atoms with E-state index in [1.165, 1.54) is 19.1 Å². The van der Waals surface area contributed by atoms with Gasteiger partial charge in [-0.1, -0.05) is 11.6 Å². The van der Waals surface area contributed by atoms with E-state index >= 15 is 0 Å². The van der Waals surface area contributed by atoms with Crippen LogP contribution in [0.4, 0.5) is 0 Å². The molecule has 0 bridgehead atoms. The van der Waals surface area contributed by atoms with Gasteiger partial charge in [0, 0.05) is 10.6 Å². The molecule has 1 aromatic carbocycles. The zero-order chi connectivity index (χ0) is 12.3. The average molecular weight is 263 g/mol. The normalized spacial score (nSPS) is 13.4. The van der Waals surface area contributed by atoms with Gasteiger partial charge in [0.1, 0.15) is 6.10 Å². The second-order valence-corrected chi connectivity index (χ2v) is 5.35. The zero-order valence-corrected chi connectivity index (χ0v) is 10.4. The third-order valence-electron chi connectivity index (χ3n) is 1.82. The van der Waals surface area contributed by atoms with E-state index in [-0.39, 0.29) is 0 Å². The monoisotopic (exact) mass is 262 g/mol. The lowest BCUT2D eigenvalue weighted by molar-refractivity contribution is 0.0827. The lowest BCUT2D eigenvalue weighted by Crippen LogP contribution is -2.23. The Hall–Kier alpha value is -0.910. The summed E-state index contributed by atoms with van der Waals surface area (Å²) >= 11 is 5.66. The molecule has 1 rings (SSSR count). The molecule has 6 heteroatoms. The van der Waals surface area contributed by atoms with E-state index < -0.39 is 22.0 Å². The quantitative estimate of drug-likeness (QED) is 0.614. The Morgan fingerprint density at radius 3 is 2.25 bits per heavy atom. The minimum Gasteiger partial charge on any atom is -0.291 e. The van der Waals surface area contributed by atoms with E-state index in [1.807, 2.05) is 0 Å². The average Bonchev–Trinajstić information content (AvgIpc) is 2.15. The number of ketones is 1. The van der Waals surface area contributed by atoms with Crippen LogP contribution in [0, 0.1) is 0 Å². The van der Waals surface area contributed by atoms with Crippen LogP contribution in [0.25, 0.3) is 0 Å². The fraction of sp³-hybridized carbons (Fsp3) is 0.300. The minimum atomic E-state index is -3.63. The van der Waals surface area contributed by atoms with Gasteiger partial charge in [0.05, 0.1) is 6.26 Å². The molecule has 0 radical (unpaired) electrons. The van der Waals surface area contributed by atoms with Crippen molar-refractivity contribution in [2.45, 2.75) is 13.0 Å². The summed E-state index contributed by atoms with van der Waals surface area (Å²) in [6, 6.07) is 6.16. The summed E-state index contributed by atoms with van der Waals surface area (Å²) in [5, 5.41) is 0.508. The molecule has 0 aliphatic rings. The van der Waals surface area contributed by atoms with E-state index in [0.717, 1.165) is 6.26 Å². The highest BCUT2D eigenvalue weighted by Gasteiger charge is 2.19. The Morgan fingerprint density at radius 1 is 1.31 bits per heavy atom. The Bertz CT molecular complexity index is 478. The summed E-state index contributed by atoms with van der Waals surface area (Å²) in [7, 11) is -3.63. The SMILES string of the molecule is CC(OS(C)(=O)=O)C(=O)c1ccc(Cl)cc1. The van der Waals surface area contributed by atoms with Crippen molar-refractivity contribution in [1.82, 2.24) is 0 Å². The van der Waals surface area contributed by atoms with E-state index in [2.05, 4.69) is 4.18 Å². The minimum absolute atomic E-state index is 0.362. The number of carbonyl (C=O) groups is 1. The molecule has 0 aliphatic carbocycles. The van der Waals surface area contributed by atoms with Gasteiger partial charge < -0.3 is 0 Å². The smallest absolute Gasteiger partial charge is 0.265 e. The summed E-state index contributed by atoms with van der Waals surface area (Å²) in [4.78, 5) is 11.7. The maximum Gasteiger partial charge on any atom is 0.265 e. The van der Waals surface area contributed by atoms with Crippen molar-refractivity contribution in [2.24, 2.45) is 0 Å². The van der Waals surface area contributed by atoms with Crippen molar-refractivity contribution in [3.05, 3.63) is 34.9 Å². The number of carbonyl (C=O) groups excluding carboxylic acids is 1. The Kier molecular flexibility index (Phi) is 4.07. The number of benzene rings is 1. The molecule has 0 spiro atoms. The van der Waals surface area contributed by atoms with Gasteiger partial charge in [-0.05, 0) is 31.2 Å². The van der Waals surface area contributed by atoms with Crippen LogP contribution in [0.15, 0.2) is 24.3 Å². The second-order valence-electron chi connectivity index (χ2n) is 3.31. The lowest BCUT2D eigenvalue weighted by Gasteiger charge is -2.09. The molecular formula is C10H11ClO4S. The highest BCUT2D eigenvalue weighted by Crippen LogP contribution is 2.12. The fourth-order valence-electron chi connectivity index (χ4n) is 1.15. The van der Waals surface area contributed by atoms with Gasteiger partial charge in [-0.3, -0.25) is 8.98 Å². The summed E-state index contributed by atoms with van der Waals surface area (Å²) in [6.45, 7) is 1.39. The van der Waals surface area contributed by atoms with E-state index in [1.54, 1.807) is 12.1 Å². The molecule has 1 unspecified atom stereocenters. The Morgan fingerprint density at radius 2 is 1.81 bits per heavy atom. The van der Waals surface area contributed by atoms with Crippen LogP contribution in [0.1, 0.15) is 17.3 Å². The predicted octanol–water partition coefficient (Wildman–Crippen LogP) is 1.89. The van der Waals surface area contributed by atoms with Crippen molar-refractivity contribution in [3.8, 4) is 0 Å². The zero-order valence-electron chi connectivity index (χ0n) is 8.81. The first-order valence-electron chi connectivity index (χ1n) is 4.47. The van der Waals surface area contributed by atoms with Crippen LogP contribution in [0.3, 0.4) is 0 Å². The summed E-state index contributed by atoms with van der Waals surface area (Å²) < 4.78 is 26.2. The van der Waals surface area contributed by atoms with Crippen LogP contribution in [0.2, 0.25) is 5.02 Å². The van der Waals surface area contributed by atoms with Crippen molar-refractivity contribution >= 4 is 27.5 Å².